The number of carbonyl (C=O) groups excluding carboxylic acids is 1. The lowest BCUT2D eigenvalue weighted by Gasteiger charge is -2.20. The fourth-order valence-corrected chi connectivity index (χ4v) is 3.10. The molecule has 0 spiro atoms. The van der Waals surface area contributed by atoms with Crippen LogP contribution in [0.15, 0.2) is 42.9 Å². The molecule has 1 amide bonds. The van der Waals surface area contributed by atoms with Crippen molar-refractivity contribution in [3.8, 4) is 11.4 Å². The van der Waals surface area contributed by atoms with Crippen molar-refractivity contribution in [3.05, 3.63) is 54.0 Å². The zero-order valence-corrected chi connectivity index (χ0v) is 13.4. The first-order valence-corrected chi connectivity index (χ1v) is 7.67. The van der Waals surface area contributed by atoms with Gasteiger partial charge in [-0.15, -0.1) is 0 Å². The van der Waals surface area contributed by atoms with Gasteiger partial charge in [-0.2, -0.15) is 10.2 Å². The van der Waals surface area contributed by atoms with Gasteiger partial charge in [0.1, 0.15) is 11.4 Å². The Morgan fingerprint density at radius 1 is 1.29 bits per heavy atom. The second-order valence-corrected chi connectivity index (χ2v) is 5.80. The van der Waals surface area contributed by atoms with Gasteiger partial charge in [0, 0.05) is 37.3 Å². The Kier molecular flexibility index (Phi) is 3.34. The molecule has 4 rings (SSSR count). The van der Waals surface area contributed by atoms with E-state index in [1.165, 1.54) is 0 Å². The molecule has 1 unspecified atom stereocenters. The lowest BCUT2D eigenvalue weighted by atomic mass is 9.89. The number of hydrogen-bond donors (Lipinski definition) is 1. The van der Waals surface area contributed by atoms with Crippen molar-refractivity contribution in [3.63, 3.8) is 0 Å². The van der Waals surface area contributed by atoms with E-state index < -0.39 is 0 Å². The maximum Gasteiger partial charge on any atom is 0.226 e. The van der Waals surface area contributed by atoms with Crippen molar-refractivity contribution >= 4 is 11.7 Å². The number of amides is 1. The van der Waals surface area contributed by atoms with E-state index in [2.05, 4.69) is 15.5 Å². The molecule has 2 aromatic heterocycles. The number of anilines is 1. The molecule has 1 aromatic carbocycles. The van der Waals surface area contributed by atoms with E-state index in [-0.39, 0.29) is 11.8 Å². The summed E-state index contributed by atoms with van der Waals surface area (Å²) < 4.78 is 8.88. The minimum absolute atomic E-state index is 0.0313. The van der Waals surface area contributed by atoms with Crippen molar-refractivity contribution in [2.45, 2.75) is 12.3 Å². The van der Waals surface area contributed by atoms with Crippen LogP contribution >= 0.6 is 0 Å². The van der Waals surface area contributed by atoms with Crippen LogP contribution in [0.25, 0.3) is 5.69 Å². The average Bonchev–Trinajstić information content (AvgIpc) is 3.20. The van der Waals surface area contributed by atoms with Crippen LogP contribution in [0.4, 0.5) is 5.82 Å². The summed E-state index contributed by atoms with van der Waals surface area (Å²) in [5.74, 6) is 1.29. The lowest BCUT2D eigenvalue weighted by Crippen LogP contribution is -2.22. The maximum absolute atomic E-state index is 12.0. The molecule has 1 N–H and O–H groups in total. The molecule has 3 aromatic rings. The van der Waals surface area contributed by atoms with Crippen LogP contribution in [0.1, 0.15) is 23.5 Å². The molecule has 0 radical (unpaired) electrons. The van der Waals surface area contributed by atoms with Gasteiger partial charge in [0.25, 0.3) is 0 Å². The third kappa shape index (κ3) is 2.34. The zero-order valence-electron chi connectivity index (χ0n) is 13.4. The highest BCUT2D eigenvalue weighted by atomic mass is 16.5. The summed E-state index contributed by atoms with van der Waals surface area (Å²) in [5, 5.41) is 11.6. The summed E-state index contributed by atoms with van der Waals surface area (Å²) >= 11 is 0. The number of aromatic nitrogens is 4. The Hall–Kier alpha value is -3.09. The van der Waals surface area contributed by atoms with Crippen LogP contribution in [0, 0.1) is 0 Å². The minimum Gasteiger partial charge on any atom is -0.494 e. The fourth-order valence-electron chi connectivity index (χ4n) is 3.10. The Morgan fingerprint density at radius 3 is 2.96 bits per heavy atom. The van der Waals surface area contributed by atoms with Gasteiger partial charge in [-0.3, -0.25) is 9.48 Å². The van der Waals surface area contributed by atoms with Crippen LogP contribution in [-0.4, -0.2) is 32.6 Å². The van der Waals surface area contributed by atoms with Gasteiger partial charge in [-0.05, 0) is 17.7 Å². The van der Waals surface area contributed by atoms with Crippen molar-refractivity contribution in [1.29, 1.82) is 0 Å². The zero-order chi connectivity index (χ0) is 16.7. The van der Waals surface area contributed by atoms with Gasteiger partial charge >= 0.3 is 0 Å². The second-order valence-electron chi connectivity index (χ2n) is 5.80. The van der Waals surface area contributed by atoms with Gasteiger partial charge in [-0.1, -0.05) is 12.1 Å². The molecule has 3 heterocycles. The van der Waals surface area contributed by atoms with E-state index in [9.17, 15) is 4.79 Å². The van der Waals surface area contributed by atoms with Gasteiger partial charge in [0.2, 0.25) is 5.91 Å². The molecule has 1 aliphatic rings. The standard InChI is InChI=1S/C17H17N5O2/c1-21-10-13-12(7-16(23)19-17(13)20-21)11-8-18-22(9-11)14-5-3-4-6-15(14)24-2/h3-6,8-10,12H,7H2,1-2H3,(H,19,20,23). The summed E-state index contributed by atoms with van der Waals surface area (Å²) in [4.78, 5) is 12.0. The van der Waals surface area contributed by atoms with E-state index in [0.29, 0.717) is 12.2 Å². The number of ether oxygens (including phenoxy) is 1. The SMILES string of the molecule is COc1ccccc1-n1cc(C2CC(=O)Nc3nn(C)cc32)cn1. The first kappa shape index (κ1) is 14.5. The highest BCUT2D eigenvalue weighted by Gasteiger charge is 2.30. The number of aryl methyl sites for hydroxylation is 1. The van der Waals surface area contributed by atoms with Crippen molar-refractivity contribution in [2.75, 3.05) is 12.4 Å². The number of rotatable bonds is 3. The van der Waals surface area contributed by atoms with Crippen molar-refractivity contribution < 1.29 is 9.53 Å². The molecular formula is C17H17N5O2. The number of para-hydroxylation sites is 2. The summed E-state index contributed by atoms with van der Waals surface area (Å²) in [6.45, 7) is 0. The quantitative estimate of drug-likeness (QED) is 0.801. The van der Waals surface area contributed by atoms with Crippen LogP contribution in [0.5, 0.6) is 5.75 Å². The fraction of sp³-hybridized carbons (Fsp3) is 0.235. The minimum atomic E-state index is -0.0501. The number of carbonyl (C=O) groups is 1. The van der Waals surface area contributed by atoms with E-state index in [1.54, 1.807) is 22.7 Å². The number of hydrogen-bond acceptors (Lipinski definition) is 4. The number of fused-ring (bicyclic) bond motifs is 1. The summed E-state index contributed by atoms with van der Waals surface area (Å²) in [5.41, 5.74) is 2.85. The molecule has 0 saturated carbocycles. The van der Waals surface area contributed by atoms with Gasteiger partial charge in [0.05, 0.1) is 13.3 Å². The Bertz CT molecular complexity index is 911. The molecule has 1 atom stereocenters. The number of nitrogens with zero attached hydrogens (tertiary/aromatic N) is 4. The predicted octanol–water partition coefficient (Wildman–Crippen LogP) is 2.09. The predicted molar refractivity (Wildman–Crippen MR) is 88.4 cm³/mol. The number of benzene rings is 1. The smallest absolute Gasteiger partial charge is 0.226 e. The molecule has 7 heteroatoms. The summed E-state index contributed by atoms with van der Waals surface area (Å²) in [6, 6.07) is 7.69. The molecule has 122 valence electrons. The molecule has 0 bridgehead atoms. The maximum atomic E-state index is 12.0. The van der Waals surface area contributed by atoms with E-state index in [4.69, 9.17) is 4.74 Å². The molecule has 0 fully saturated rings. The normalized spacial score (nSPS) is 16.6. The summed E-state index contributed by atoms with van der Waals surface area (Å²) in [7, 11) is 3.48. The first-order valence-electron chi connectivity index (χ1n) is 7.67. The molecule has 0 saturated heterocycles. The van der Waals surface area contributed by atoms with E-state index in [1.807, 2.05) is 43.7 Å². The average molecular weight is 323 g/mol. The second kappa shape index (κ2) is 5.52. The third-order valence-electron chi connectivity index (χ3n) is 4.22. The molecule has 0 aliphatic carbocycles. The lowest BCUT2D eigenvalue weighted by molar-refractivity contribution is -0.116. The Balaban J connectivity index is 1.74. The van der Waals surface area contributed by atoms with Crippen LogP contribution in [0.3, 0.4) is 0 Å². The third-order valence-corrected chi connectivity index (χ3v) is 4.22. The number of nitrogens with one attached hydrogen (secondary N) is 1. The summed E-state index contributed by atoms with van der Waals surface area (Å²) in [6.07, 6.45) is 6.07. The molecule has 7 nitrogen and oxygen atoms in total. The van der Waals surface area contributed by atoms with Crippen LogP contribution in [-0.2, 0) is 11.8 Å². The Labute approximate surface area is 138 Å². The molecular weight excluding hydrogens is 306 g/mol. The van der Waals surface area contributed by atoms with E-state index in [0.717, 1.165) is 22.6 Å². The van der Waals surface area contributed by atoms with Crippen LogP contribution in [0.2, 0.25) is 0 Å². The molecule has 1 aliphatic heterocycles. The van der Waals surface area contributed by atoms with E-state index >= 15 is 0 Å². The molecule has 24 heavy (non-hydrogen) atoms. The van der Waals surface area contributed by atoms with Gasteiger partial charge < -0.3 is 10.1 Å². The number of methoxy groups -OCH3 is 1. The monoisotopic (exact) mass is 323 g/mol. The first-order chi connectivity index (χ1) is 11.7. The van der Waals surface area contributed by atoms with Crippen molar-refractivity contribution in [2.24, 2.45) is 7.05 Å². The highest BCUT2D eigenvalue weighted by Crippen LogP contribution is 2.36. The Morgan fingerprint density at radius 2 is 2.12 bits per heavy atom. The van der Waals surface area contributed by atoms with Gasteiger partial charge in [-0.25, -0.2) is 4.68 Å². The van der Waals surface area contributed by atoms with Gasteiger partial charge in [0.15, 0.2) is 5.82 Å². The van der Waals surface area contributed by atoms with Crippen molar-refractivity contribution in [1.82, 2.24) is 19.6 Å². The largest absolute Gasteiger partial charge is 0.494 e. The topological polar surface area (TPSA) is 74.0 Å². The van der Waals surface area contributed by atoms with Crippen LogP contribution < -0.4 is 10.1 Å². The highest BCUT2D eigenvalue weighted by molar-refractivity contribution is 5.94.